The number of likely N-dealkylation sites (tertiary alicyclic amines) is 1. The largest absolute Gasteiger partial charge is 0.466 e. The molecule has 1 aliphatic rings. The molecule has 7 heteroatoms. The van der Waals surface area contributed by atoms with Crippen molar-refractivity contribution in [2.24, 2.45) is 5.92 Å². The number of esters is 1. The zero-order valence-corrected chi connectivity index (χ0v) is 16.4. The summed E-state index contributed by atoms with van der Waals surface area (Å²) >= 11 is 0. The molecule has 2 aromatic carbocycles. The maximum Gasteiger partial charge on any atom is 0.321 e. The quantitative estimate of drug-likeness (QED) is 0.488. The number of para-hydroxylation sites is 1. The van der Waals surface area contributed by atoms with Gasteiger partial charge >= 0.3 is 17.8 Å². The molecule has 2 aromatic rings. The molecule has 0 bridgehead atoms. The summed E-state index contributed by atoms with van der Waals surface area (Å²) < 4.78 is 5.06. The lowest BCUT2D eigenvalue weighted by Gasteiger charge is -2.32. The highest BCUT2D eigenvalue weighted by Crippen LogP contribution is 2.27. The number of hydrogen-bond acceptors (Lipinski definition) is 5. The van der Waals surface area contributed by atoms with Crippen LogP contribution in [0.1, 0.15) is 19.8 Å². The molecule has 29 heavy (non-hydrogen) atoms. The van der Waals surface area contributed by atoms with E-state index in [1.54, 1.807) is 43.3 Å². The molecule has 0 spiro atoms. The molecule has 1 fully saturated rings. The second kappa shape index (κ2) is 9.23. The minimum absolute atomic E-state index is 0.226. The van der Waals surface area contributed by atoms with Crippen molar-refractivity contribution < 1.29 is 19.1 Å². The summed E-state index contributed by atoms with van der Waals surface area (Å²) in [5.74, 6) is -1.70. The van der Waals surface area contributed by atoms with E-state index in [9.17, 15) is 14.4 Å². The van der Waals surface area contributed by atoms with Crippen molar-refractivity contribution in [2.45, 2.75) is 19.8 Å². The van der Waals surface area contributed by atoms with Crippen molar-refractivity contribution in [3.63, 3.8) is 0 Å². The Kier molecular flexibility index (Phi) is 6.49. The first-order chi connectivity index (χ1) is 14.0. The van der Waals surface area contributed by atoms with Gasteiger partial charge in [-0.2, -0.15) is 0 Å². The molecule has 1 saturated heterocycles. The first-order valence-corrected chi connectivity index (χ1v) is 9.72. The minimum Gasteiger partial charge on any atom is -0.466 e. The van der Waals surface area contributed by atoms with Crippen molar-refractivity contribution in [1.29, 1.82) is 0 Å². The Hall–Kier alpha value is -3.35. The molecule has 0 aliphatic carbocycles. The number of ether oxygens (including phenoxy) is 1. The van der Waals surface area contributed by atoms with Gasteiger partial charge in [0.05, 0.1) is 12.5 Å². The number of carbonyl (C=O) groups excluding carboxylic acids is 3. The van der Waals surface area contributed by atoms with Crippen molar-refractivity contribution in [3.8, 4) is 0 Å². The first-order valence-electron chi connectivity index (χ1n) is 9.72. The predicted molar refractivity (Wildman–Crippen MR) is 110 cm³/mol. The van der Waals surface area contributed by atoms with Gasteiger partial charge in [-0.1, -0.05) is 18.2 Å². The molecule has 0 atom stereocenters. The zero-order valence-electron chi connectivity index (χ0n) is 16.4. The highest BCUT2D eigenvalue weighted by Gasteiger charge is 2.33. The van der Waals surface area contributed by atoms with Gasteiger partial charge in [-0.25, -0.2) is 0 Å². The van der Waals surface area contributed by atoms with Gasteiger partial charge in [-0.15, -0.1) is 0 Å². The monoisotopic (exact) mass is 395 g/mol. The third kappa shape index (κ3) is 4.74. The van der Waals surface area contributed by atoms with Crippen LogP contribution in [0.4, 0.5) is 17.1 Å². The van der Waals surface area contributed by atoms with E-state index in [-0.39, 0.29) is 11.9 Å². The van der Waals surface area contributed by atoms with Gasteiger partial charge in [-0.3, -0.25) is 19.3 Å². The van der Waals surface area contributed by atoms with E-state index in [4.69, 9.17) is 10.5 Å². The minimum atomic E-state index is -0.643. The van der Waals surface area contributed by atoms with E-state index in [1.165, 1.54) is 9.80 Å². The maximum atomic E-state index is 13.2. The molecule has 7 nitrogen and oxygen atoms in total. The molecule has 0 aromatic heterocycles. The van der Waals surface area contributed by atoms with Crippen molar-refractivity contribution in [1.82, 2.24) is 4.90 Å². The van der Waals surface area contributed by atoms with Crippen LogP contribution in [0.15, 0.2) is 54.6 Å². The van der Waals surface area contributed by atoms with Gasteiger partial charge in [0.2, 0.25) is 0 Å². The zero-order chi connectivity index (χ0) is 20.8. The first kappa shape index (κ1) is 20.4. The lowest BCUT2D eigenvalue weighted by Crippen LogP contribution is -2.47. The third-order valence-corrected chi connectivity index (χ3v) is 4.95. The molecular formula is C22H25N3O4. The fraction of sp³-hybridized carbons (Fsp3) is 0.318. The van der Waals surface area contributed by atoms with E-state index in [0.717, 1.165) is 0 Å². The summed E-state index contributed by atoms with van der Waals surface area (Å²) in [4.78, 5) is 40.9. The van der Waals surface area contributed by atoms with Gasteiger partial charge in [0, 0.05) is 30.2 Å². The van der Waals surface area contributed by atoms with Crippen LogP contribution in [0.3, 0.4) is 0 Å². The summed E-state index contributed by atoms with van der Waals surface area (Å²) in [6.45, 7) is 2.80. The number of carbonyl (C=O) groups is 3. The van der Waals surface area contributed by atoms with Crippen LogP contribution < -0.4 is 10.6 Å². The lowest BCUT2D eigenvalue weighted by atomic mass is 9.97. The van der Waals surface area contributed by atoms with Crippen molar-refractivity contribution in [2.75, 3.05) is 30.3 Å². The van der Waals surface area contributed by atoms with Crippen LogP contribution in [-0.4, -0.2) is 42.4 Å². The van der Waals surface area contributed by atoms with E-state index in [1.807, 2.05) is 18.2 Å². The average molecular weight is 395 g/mol. The van der Waals surface area contributed by atoms with Crippen molar-refractivity contribution in [3.05, 3.63) is 54.6 Å². The molecule has 0 unspecified atom stereocenters. The van der Waals surface area contributed by atoms with Crippen LogP contribution in [-0.2, 0) is 19.1 Å². The van der Waals surface area contributed by atoms with Gasteiger partial charge in [0.15, 0.2) is 0 Å². The smallest absolute Gasteiger partial charge is 0.321 e. The summed E-state index contributed by atoms with van der Waals surface area (Å²) in [7, 11) is 0. The summed E-state index contributed by atoms with van der Waals surface area (Å²) in [6, 6.07) is 15.8. The van der Waals surface area contributed by atoms with E-state index >= 15 is 0 Å². The van der Waals surface area contributed by atoms with E-state index < -0.39 is 11.8 Å². The third-order valence-electron chi connectivity index (χ3n) is 4.95. The number of amides is 2. The van der Waals surface area contributed by atoms with Gasteiger partial charge in [0.1, 0.15) is 0 Å². The fourth-order valence-electron chi connectivity index (χ4n) is 3.39. The van der Waals surface area contributed by atoms with Gasteiger partial charge < -0.3 is 15.4 Å². The molecule has 2 N–H and O–H groups in total. The second-order valence-corrected chi connectivity index (χ2v) is 6.89. The molecule has 2 amide bonds. The topological polar surface area (TPSA) is 92.9 Å². The second-order valence-electron chi connectivity index (χ2n) is 6.89. The Labute approximate surface area is 170 Å². The summed E-state index contributed by atoms with van der Waals surface area (Å²) in [5.41, 5.74) is 7.49. The predicted octanol–water partition coefficient (Wildman–Crippen LogP) is 2.74. The van der Waals surface area contributed by atoms with Crippen LogP contribution in [0.5, 0.6) is 0 Å². The number of rotatable bonds is 4. The van der Waals surface area contributed by atoms with Gasteiger partial charge in [0.25, 0.3) is 0 Å². The Morgan fingerprint density at radius 3 is 2.17 bits per heavy atom. The Balaban J connectivity index is 1.77. The number of hydrogen-bond donors (Lipinski definition) is 1. The normalized spacial score (nSPS) is 14.3. The van der Waals surface area contributed by atoms with Crippen LogP contribution in [0.2, 0.25) is 0 Å². The summed E-state index contributed by atoms with van der Waals surface area (Å²) in [5, 5.41) is 0. The van der Waals surface area contributed by atoms with Crippen LogP contribution in [0.25, 0.3) is 0 Å². The Morgan fingerprint density at radius 1 is 1.00 bits per heavy atom. The number of benzene rings is 2. The molecule has 1 aliphatic heterocycles. The molecule has 0 radical (unpaired) electrons. The fourth-order valence-corrected chi connectivity index (χ4v) is 3.39. The molecular weight excluding hydrogens is 370 g/mol. The molecule has 0 saturated carbocycles. The van der Waals surface area contributed by atoms with Crippen molar-refractivity contribution >= 4 is 34.8 Å². The molecule has 3 rings (SSSR count). The highest BCUT2D eigenvalue weighted by atomic mass is 16.5. The van der Waals surface area contributed by atoms with Crippen LogP contribution >= 0.6 is 0 Å². The molecule has 152 valence electrons. The number of nitrogens with zero attached hydrogens (tertiary/aromatic N) is 2. The maximum absolute atomic E-state index is 13.2. The number of nitrogen functional groups attached to an aromatic ring is 1. The van der Waals surface area contributed by atoms with Crippen LogP contribution in [0, 0.1) is 5.92 Å². The standard InChI is InChI=1S/C22H25N3O4/c1-2-29-22(28)16-12-14-24(15-13-16)20(26)21(27)25(18-6-4-3-5-7-18)19-10-8-17(23)9-11-19/h3-11,16H,2,12-15,23H2,1H3. The van der Waals surface area contributed by atoms with E-state index in [2.05, 4.69) is 0 Å². The van der Waals surface area contributed by atoms with Gasteiger partial charge in [-0.05, 0) is 56.2 Å². The summed E-state index contributed by atoms with van der Waals surface area (Å²) in [6.07, 6.45) is 0.982. The lowest BCUT2D eigenvalue weighted by molar-refractivity contribution is -0.152. The average Bonchev–Trinajstić information content (AvgIpc) is 2.76. The Morgan fingerprint density at radius 2 is 1.59 bits per heavy atom. The number of anilines is 3. The number of nitrogens with two attached hydrogens (primary N) is 1. The Bertz CT molecular complexity index is 859. The molecule has 1 heterocycles. The van der Waals surface area contributed by atoms with E-state index in [0.29, 0.717) is 49.6 Å². The SMILES string of the molecule is CCOC(=O)C1CCN(C(=O)C(=O)N(c2ccccc2)c2ccc(N)cc2)CC1. The highest BCUT2D eigenvalue weighted by molar-refractivity contribution is 6.42. The number of piperidine rings is 1.